The van der Waals surface area contributed by atoms with Crippen LogP contribution in [0.2, 0.25) is 0 Å². The average Bonchev–Trinajstić information content (AvgIpc) is 2.93. The van der Waals surface area contributed by atoms with E-state index in [0.717, 1.165) is 0 Å². The third kappa shape index (κ3) is 2.54. The second kappa shape index (κ2) is 5.96. The Morgan fingerprint density at radius 1 is 0.650 bits per heavy atom. The van der Waals surface area contributed by atoms with Gasteiger partial charge in [0.05, 0.1) is 0 Å². The number of hydrazine groups is 2. The van der Waals surface area contributed by atoms with Gasteiger partial charge < -0.3 is 0 Å². The fraction of sp³-hybridized carbons (Fsp3) is 0.571. The lowest BCUT2D eigenvalue weighted by atomic mass is 10.4. The van der Waals surface area contributed by atoms with E-state index in [4.69, 9.17) is 0 Å². The van der Waals surface area contributed by atoms with Crippen LogP contribution < -0.4 is 32.3 Å². The smallest absolute Gasteiger partial charge is 0.0438 e. The Morgan fingerprint density at radius 2 is 0.950 bits per heavy atom. The highest BCUT2D eigenvalue weighted by atomic mass is 31.1. The summed E-state index contributed by atoms with van der Waals surface area (Å²) in [6.07, 6.45) is 0. The maximum absolute atomic E-state index is 3.41. The molecule has 2 saturated heterocycles. The van der Waals surface area contributed by atoms with Crippen molar-refractivity contribution < 1.29 is 0 Å². The van der Waals surface area contributed by atoms with Crippen LogP contribution in [0.3, 0.4) is 0 Å². The van der Waals surface area contributed by atoms with E-state index < -0.39 is 0 Å². The largest absolute Gasteiger partial charge is 0.250 e. The normalized spacial score (nSPS) is 41.2. The van der Waals surface area contributed by atoms with Crippen LogP contribution >= 0.6 is 15.8 Å². The standard InChI is InChI=1S/C14H24N4P2/c1-9-15-16-10(2)19(9)13-7-5-6-8-14(13)20-11(3)17-18-12(20)4/h5-12,15-18H,1-4H3. The molecule has 0 aliphatic carbocycles. The molecular formula is C14H24N4P2. The fourth-order valence-electron chi connectivity index (χ4n) is 3.17. The van der Waals surface area contributed by atoms with Gasteiger partial charge in [0.2, 0.25) is 0 Å². The Kier molecular flexibility index (Phi) is 4.42. The topological polar surface area (TPSA) is 48.1 Å². The summed E-state index contributed by atoms with van der Waals surface area (Å²) < 4.78 is 0. The zero-order valence-electron chi connectivity index (χ0n) is 12.5. The van der Waals surface area contributed by atoms with E-state index in [1.165, 1.54) is 0 Å². The molecule has 0 aromatic heterocycles. The van der Waals surface area contributed by atoms with E-state index in [-0.39, 0.29) is 15.8 Å². The molecule has 4 atom stereocenters. The molecule has 0 spiro atoms. The zero-order chi connectivity index (χ0) is 14.3. The lowest BCUT2D eigenvalue weighted by Crippen LogP contribution is -2.30. The molecule has 0 saturated carbocycles. The first-order valence-corrected chi connectivity index (χ1v) is 10.2. The predicted octanol–water partition coefficient (Wildman–Crippen LogP) is 1.50. The number of hydrogen-bond acceptors (Lipinski definition) is 4. The molecule has 20 heavy (non-hydrogen) atoms. The maximum Gasteiger partial charge on any atom is 0.0438 e. The second-order valence-electron chi connectivity index (χ2n) is 5.58. The average molecular weight is 310 g/mol. The molecular weight excluding hydrogens is 286 g/mol. The number of nitrogens with one attached hydrogen (secondary N) is 4. The van der Waals surface area contributed by atoms with Crippen molar-refractivity contribution in [2.75, 3.05) is 0 Å². The van der Waals surface area contributed by atoms with Crippen LogP contribution in [0.4, 0.5) is 0 Å². The van der Waals surface area contributed by atoms with Crippen molar-refractivity contribution in [3.8, 4) is 0 Å². The first-order chi connectivity index (χ1) is 9.59. The molecule has 110 valence electrons. The molecule has 6 heteroatoms. The third-order valence-electron chi connectivity index (χ3n) is 4.11. The first-order valence-electron chi connectivity index (χ1n) is 7.27. The highest BCUT2D eigenvalue weighted by molar-refractivity contribution is 7.73. The van der Waals surface area contributed by atoms with E-state index in [0.29, 0.717) is 23.1 Å². The minimum Gasteiger partial charge on any atom is -0.250 e. The van der Waals surface area contributed by atoms with Gasteiger partial charge in [-0.25, -0.2) is 21.7 Å². The molecule has 2 aliphatic heterocycles. The molecule has 2 heterocycles. The Morgan fingerprint density at radius 3 is 1.25 bits per heavy atom. The van der Waals surface area contributed by atoms with Gasteiger partial charge >= 0.3 is 0 Å². The summed E-state index contributed by atoms with van der Waals surface area (Å²) >= 11 is 0. The van der Waals surface area contributed by atoms with Gasteiger partial charge in [-0.15, -0.1) is 0 Å². The summed E-state index contributed by atoms with van der Waals surface area (Å²) in [6, 6.07) is 9.09. The van der Waals surface area contributed by atoms with Crippen LogP contribution in [0, 0.1) is 0 Å². The van der Waals surface area contributed by atoms with E-state index in [9.17, 15) is 0 Å². The summed E-state index contributed by atoms with van der Waals surface area (Å²) in [7, 11) is -0.398. The van der Waals surface area contributed by atoms with Crippen molar-refractivity contribution in [2.24, 2.45) is 0 Å². The van der Waals surface area contributed by atoms with Gasteiger partial charge in [-0.2, -0.15) is 0 Å². The molecule has 2 fully saturated rings. The van der Waals surface area contributed by atoms with Gasteiger partial charge in [-0.1, -0.05) is 24.3 Å². The van der Waals surface area contributed by atoms with E-state index in [2.05, 4.69) is 73.7 Å². The van der Waals surface area contributed by atoms with Crippen molar-refractivity contribution in [3.05, 3.63) is 24.3 Å². The maximum atomic E-state index is 3.41. The summed E-state index contributed by atoms with van der Waals surface area (Å²) in [4.78, 5) is 0. The molecule has 2 aliphatic rings. The molecule has 0 amide bonds. The Labute approximate surface area is 123 Å². The summed E-state index contributed by atoms with van der Waals surface area (Å²) in [5.41, 5.74) is 13.7. The van der Waals surface area contributed by atoms with Gasteiger partial charge in [0.1, 0.15) is 0 Å². The molecule has 0 radical (unpaired) electrons. The van der Waals surface area contributed by atoms with Gasteiger partial charge in [-0.05, 0) is 54.1 Å². The van der Waals surface area contributed by atoms with Crippen molar-refractivity contribution in [3.63, 3.8) is 0 Å². The summed E-state index contributed by atoms with van der Waals surface area (Å²) in [5, 5.41) is 3.16. The number of benzene rings is 1. The van der Waals surface area contributed by atoms with Gasteiger partial charge in [0, 0.05) is 23.1 Å². The van der Waals surface area contributed by atoms with Gasteiger partial charge in [0.25, 0.3) is 0 Å². The summed E-state index contributed by atoms with van der Waals surface area (Å²) in [5.74, 6) is 2.13. The van der Waals surface area contributed by atoms with Crippen molar-refractivity contribution >= 4 is 26.5 Å². The quantitative estimate of drug-likeness (QED) is 0.625. The molecule has 4 nitrogen and oxygen atoms in total. The number of rotatable bonds is 2. The SMILES string of the molecule is CC1NNC(C)P1c1ccccc1P1C(C)NNC1C. The van der Waals surface area contributed by atoms with Crippen LogP contribution in [0.15, 0.2) is 24.3 Å². The van der Waals surface area contributed by atoms with E-state index in [1.54, 1.807) is 10.6 Å². The minimum atomic E-state index is -0.199. The highest BCUT2D eigenvalue weighted by Gasteiger charge is 2.37. The van der Waals surface area contributed by atoms with Crippen LogP contribution in [0.25, 0.3) is 0 Å². The van der Waals surface area contributed by atoms with Crippen LogP contribution in [-0.4, -0.2) is 23.1 Å². The molecule has 4 unspecified atom stereocenters. The van der Waals surface area contributed by atoms with Gasteiger partial charge in [0.15, 0.2) is 0 Å². The Balaban J connectivity index is 2.00. The lowest BCUT2D eigenvalue weighted by molar-refractivity contribution is 0.567. The monoisotopic (exact) mass is 310 g/mol. The van der Waals surface area contributed by atoms with Crippen molar-refractivity contribution in [1.29, 1.82) is 0 Å². The van der Waals surface area contributed by atoms with Crippen LogP contribution in [0.5, 0.6) is 0 Å². The van der Waals surface area contributed by atoms with E-state index >= 15 is 0 Å². The molecule has 1 aromatic rings. The Bertz CT molecular complexity index is 421. The molecule has 0 bridgehead atoms. The third-order valence-corrected chi connectivity index (χ3v) is 10.0. The fourth-order valence-corrected chi connectivity index (χ4v) is 8.92. The van der Waals surface area contributed by atoms with Gasteiger partial charge in [-0.3, -0.25) is 0 Å². The van der Waals surface area contributed by atoms with Crippen molar-refractivity contribution in [1.82, 2.24) is 21.7 Å². The number of hydrogen-bond donors (Lipinski definition) is 4. The zero-order valence-corrected chi connectivity index (χ0v) is 14.3. The van der Waals surface area contributed by atoms with Crippen molar-refractivity contribution in [2.45, 2.75) is 50.8 Å². The van der Waals surface area contributed by atoms with Crippen LogP contribution in [0.1, 0.15) is 27.7 Å². The molecule has 4 N–H and O–H groups in total. The summed E-state index contributed by atoms with van der Waals surface area (Å²) in [6.45, 7) is 9.18. The molecule has 1 aromatic carbocycles. The minimum absolute atomic E-state index is 0.199. The highest BCUT2D eigenvalue weighted by Crippen LogP contribution is 2.51. The van der Waals surface area contributed by atoms with E-state index in [1.807, 2.05) is 0 Å². The predicted molar refractivity (Wildman–Crippen MR) is 89.9 cm³/mol. The lowest BCUT2D eigenvalue weighted by Gasteiger charge is -2.27. The first kappa shape index (κ1) is 14.8. The van der Waals surface area contributed by atoms with Crippen LogP contribution in [-0.2, 0) is 0 Å². The molecule has 3 rings (SSSR count). The Hall–Kier alpha value is -0.0800. The second-order valence-corrected chi connectivity index (χ2v) is 11.3.